The van der Waals surface area contributed by atoms with Crippen molar-refractivity contribution in [3.05, 3.63) is 28.7 Å². The van der Waals surface area contributed by atoms with Crippen molar-refractivity contribution in [2.75, 3.05) is 39.4 Å². The molecule has 2 saturated heterocycles. The normalized spacial score (nSPS) is 25.3. The standard InChI is InChI=1S/C14H19BrN2O3S/c15-12-1-3-14(4-2-12)21(18,19)17-6-5-13(11-17)16-7-9-20-10-8-16/h1-4,13H,5-11H2. The number of hydrogen-bond donors (Lipinski definition) is 0. The fraction of sp³-hybridized carbons (Fsp3) is 0.571. The highest BCUT2D eigenvalue weighted by molar-refractivity contribution is 9.10. The molecule has 0 aromatic heterocycles. The van der Waals surface area contributed by atoms with E-state index in [1.807, 2.05) is 0 Å². The Kier molecular flexibility index (Phi) is 4.66. The van der Waals surface area contributed by atoms with Gasteiger partial charge in [0.1, 0.15) is 0 Å². The van der Waals surface area contributed by atoms with Crippen molar-refractivity contribution in [2.24, 2.45) is 0 Å². The highest BCUT2D eigenvalue weighted by Crippen LogP contribution is 2.25. The second-order valence-corrected chi connectivity index (χ2v) is 8.26. The van der Waals surface area contributed by atoms with Crippen molar-refractivity contribution >= 4 is 26.0 Å². The van der Waals surface area contributed by atoms with Gasteiger partial charge in [0.05, 0.1) is 18.1 Å². The average molecular weight is 375 g/mol. The lowest BCUT2D eigenvalue weighted by molar-refractivity contribution is 0.0197. The van der Waals surface area contributed by atoms with E-state index in [9.17, 15) is 8.42 Å². The quantitative estimate of drug-likeness (QED) is 0.805. The summed E-state index contributed by atoms with van der Waals surface area (Å²) in [6, 6.07) is 7.16. The average Bonchev–Trinajstić information content (AvgIpc) is 2.99. The molecule has 0 spiro atoms. The molecule has 0 radical (unpaired) electrons. The van der Waals surface area contributed by atoms with Crippen molar-refractivity contribution in [1.29, 1.82) is 0 Å². The molecule has 0 amide bonds. The van der Waals surface area contributed by atoms with Gasteiger partial charge in [0.15, 0.2) is 0 Å². The van der Waals surface area contributed by atoms with Crippen LogP contribution < -0.4 is 0 Å². The minimum absolute atomic E-state index is 0.319. The highest BCUT2D eigenvalue weighted by Gasteiger charge is 2.35. The Balaban J connectivity index is 1.71. The summed E-state index contributed by atoms with van der Waals surface area (Å²) < 4.78 is 33.1. The predicted octanol–water partition coefficient (Wildman–Crippen LogP) is 1.54. The molecular weight excluding hydrogens is 356 g/mol. The van der Waals surface area contributed by atoms with E-state index >= 15 is 0 Å². The maximum absolute atomic E-state index is 12.6. The van der Waals surface area contributed by atoms with Crippen LogP contribution >= 0.6 is 15.9 Å². The summed E-state index contributed by atoms with van der Waals surface area (Å²) in [5, 5.41) is 0. The van der Waals surface area contributed by atoms with Gasteiger partial charge < -0.3 is 4.74 Å². The van der Waals surface area contributed by atoms with Gasteiger partial charge in [-0.1, -0.05) is 15.9 Å². The van der Waals surface area contributed by atoms with E-state index in [2.05, 4.69) is 20.8 Å². The maximum Gasteiger partial charge on any atom is 0.243 e. The Morgan fingerprint density at radius 1 is 1.10 bits per heavy atom. The van der Waals surface area contributed by atoms with Crippen molar-refractivity contribution in [3.63, 3.8) is 0 Å². The first kappa shape index (κ1) is 15.4. The molecule has 1 atom stereocenters. The first-order valence-electron chi connectivity index (χ1n) is 7.15. The fourth-order valence-electron chi connectivity index (χ4n) is 2.93. The third-order valence-corrected chi connectivity index (χ3v) is 6.55. The summed E-state index contributed by atoms with van der Waals surface area (Å²) >= 11 is 3.33. The number of morpholine rings is 1. The fourth-order valence-corrected chi connectivity index (χ4v) is 4.68. The molecule has 0 N–H and O–H groups in total. The topological polar surface area (TPSA) is 49.9 Å². The van der Waals surface area contributed by atoms with Crippen molar-refractivity contribution < 1.29 is 13.2 Å². The van der Waals surface area contributed by atoms with Crippen LogP contribution in [0.3, 0.4) is 0 Å². The molecule has 1 aromatic rings. The van der Waals surface area contributed by atoms with Crippen LogP contribution in [0, 0.1) is 0 Å². The molecule has 0 bridgehead atoms. The van der Waals surface area contributed by atoms with Crippen LogP contribution in [-0.2, 0) is 14.8 Å². The third kappa shape index (κ3) is 3.32. The van der Waals surface area contributed by atoms with Gasteiger partial charge in [0, 0.05) is 36.7 Å². The molecule has 0 saturated carbocycles. The molecule has 0 aliphatic carbocycles. The number of rotatable bonds is 3. The Bertz CT molecular complexity index is 585. The van der Waals surface area contributed by atoms with Gasteiger partial charge in [-0.25, -0.2) is 8.42 Å². The summed E-state index contributed by atoms with van der Waals surface area (Å²) in [6.07, 6.45) is 0.899. The zero-order valence-corrected chi connectivity index (χ0v) is 14.1. The van der Waals surface area contributed by atoms with Crippen LogP contribution in [-0.4, -0.2) is 63.1 Å². The van der Waals surface area contributed by atoms with Crippen LogP contribution in [0.2, 0.25) is 0 Å². The lowest BCUT2D eigenvalue weighted by Crippen LogP contribution is -2.45. The monoisotopic (exact) mass is 374 g/mol. The molecule has 1 aromatic carbocycles. The molecule has 3 rings (SSSR count). The first-order valence-corrected chi connectivity index (χ1v) is 9.38. The zero-order valence-electron chi connectivity index (χ0n) is 11.7. The number of halogens is 1. The molecule has 1 unspecified atom stereocenters. The van der Waals surface area contributed by atoms with Crippen LogP contribution in [0.4, 0.5) is 0 Å². The first-order chi connectivity index (χ1) is 10.1. The van der Waals surface area contributed by atoms with Crippen LogP contribution in [0.15, 0.2) is 33.6 Å². The molecule has 2 aliphatic heterocycles. The second-order valence-electron chi connectivity index (χ2n) is 5.41. The van der Waals surface area contributed by atoms with Crippen LogP contribution in [0.1, 0.15) is 6.42 Å². The van der Waals surface area contributed by atoms with E-state index < -0.39 is 10.0 Å². The SMILES string of the molecule is O=S(=O)(c1ccc(Br)cc1)N1CCC(N2CCOCC2)C1. The van der Waals surface area contributed by atoms with E-state index in [4.69, 9.17) is 4.74 Å². The van der Waals surface area contributed by atoms with Gasteiger partial charge in [-0.05, 0) is 30.7 Å². The number of nitrogens with zero attached hydrogens (tertiary/aromatic N) is 2. The lowest BCUT2D eigenvalue weighted by atomic mass is 10.2. The Morgan fingerprint density at radius 2 is 1.76 bits per heavy atom. The summed E-state index contributed by atoms with van der Waals surface area (Å²) in [5.41, 5.74) is 0. The molecule has 2 heterocycles. The lowest BCUT2D eigenvalue weighted by Gasteiger charge is -2.32. The maximum atomic E-state index is 12.6. The van der Waals surface area contributed by atoms with Crippen molar-refractivity contribution in [1.82, 2.24) is 9.21 Å². The predicted molar refractivity (Wildman–Crippen MR) is 83.7 cm³/mol. The summed E-state index contributed by atoms with van der Waals surface area (Å²) in [5.74, 6) is 0. The molecule has 2 fully saturated rings. The summed E-state index contributed by atoms with van der Waals surface area (Å²) in [7, 11) is -3.37. The summed E-state index contributed by atoms with van der Waals surface area (Å²) in [6.45, 7) is 4.47. The third-order valence-electron chi connectivity index (χ3n) is 4.14. The van der Waals surface area contributed by atoms with Gasteiger partial charge in [0.2, 0.25) is 10.0 Å². The molecule has 7 heteroatoms. The van der Waals surface area contributed by atoms with Gasteiger partial charge >= 0.3 is 0 Å². The molecule has 5 nitrogen and oxygen atoms in total. The summed E-state index contributed by atoms with van der Waals surface area (Å²) in [4.78, 5) is 2.72. The van der Waals surface area contributed by atoms with E-state index in [-0.39, 0.29) is 0 Å². The van der Waals surface area contributed by atoms with Gasteiger partial charge in [-0.15, -0.1) is 0 Å². The van der Waals surface area contributed by atoms with Gasteiger partial charge in [-0.3, -0.25) is 4.90 Å². The molecule has 21 heavy (non-hydrogen) atoms. The molecule has 2 aliphatic rings. The Labute approximate surface area is 134 Å². The largest absolute Gasteiger partial charge is 0.379 e. The number of benzene rings is 1. The van der Waals surface area contributed by atoms with E-state index in [0.717, 1.165) is 37.2 Å². The number of sulfonamides is 1. The molecular formula is C14H19BrN2O3S. The van der Waals surface area contributed by atoms with Gasteiger partial charge in [-0.2, -0.15) is 4.31 Å². The number of ether oxygens (including phenoxy) is 1. The van der Waals surface area contributed by atoms with E-state index in [1.165, 1.54) is 0 Å². The van der Waals surface area contributed by atoms with Crippen LogP contribution in [0.25, 0.3) is 0 Å². The zero-order chi connectivity index (χ0) is 14.9. The molecule has 116 valence electrons. The van der Waals surface area contributed by atoms with E-state index in [0.29, 0.717) is 24.0 Å². The second kappa shape index (κ2) is 6.34. The van der Waals surface area contributed by atoms with E-state index in [1.54, 1.807) is 28.6 Å². The van der Waals surface area contributed by atoms with Crippen molar-refractivity contribution in [3.8, 4) is 0 Å². The van der Waals surface area contributed by atoms with Gasteiger partial charge in [0.25, 0.3) is 0 Å². The Morgan fingerprint density at radius 3 is 2.43 bits per heavy atom. The highest BCUT2D eigenvalue weighted by atomic mass is 79.9. The van der Waals surface area contributed by atoms with Crippen molar-refractivity contribution in [2.45, 2.75) is 17.4 Å². The smallest absolute Gasteiger partial charge is 0.243 e. The number of hydrogen-bond acceptors (Lipinski definition) is 4. The minimum Gasteiger partial charge on any atom is -0.379 e. The minimum atomic E-state index is -3.37. The van der Waals surface area contributed by atoms with Crippen LogP contribution in [0.5, 0.6) is 0 Å². The Hall–Kier alpha value is -0.470.